The molecule has 0 amide bonds. The maximum Gasteiger partial charge on any atom is 0.208 e. The molecule has 3 heterocycles. The Balaban J connectivity index is 1.81. The number of nitrogens with zero attached hydrogens (tertiary/aromatic N) is 4. The van der Waals surface area contributed by atoms with E-state index in [0.29, 0.717) is 22.4 Å². The van der Waals surface area contributed by atoms with Crippen molar-refractivity contribution in [1.82, 2.24) is 14.5 Å². The normalized spacial score (nSPS) is 17.8. The summed E-state index contributed by atoms with van der Waals surface area (Å²) in [5, 5.41) is 1.14. The quantitative estimate of drug-likeness (QED) is 0.592. The van der Waals surface area contributed by atoms with Crippen molar-refractivity contribution in [2.45, 2.75) is 25.4 Å². The number of benzene rings is 1. The number of hydrogen-bond acceptors (Lipinski definition) is 4. The highest BCUT2D eigenvalue weighted by Crippen LogP contribution is 2.28. The van der Waals surface area contributed by atoms with Gasteiger partial charge in [-0.3, -0.25) is 0 Å². The maximum atomic E-state index is 6.23. The summed E-state index contributed by atoms with van der Waals surface area (Å²) in [6.45, 7) is 2.36. The Bertz CT molecular complexity index is 938. The number of nitrogens with two attached hydrogens (primary N) is 1. The Hall–Kier alpha value is -1.34. The van der Waals surface area contributed by atoms with Crippen LogP contribution in [-0.2, 0) is 6.54 Å². The van der Waals surface area contributed by atoms with Crippen LogP contribution in [0.3, 0.4) is 0 Å². The predicted molar refractivity (Wildman–Crippen MR) is 110 cm³/mol. The Morgan fingerprint density at radius 3 is 2.81 bits per heavy atom. The van der Waals surface area contributed by atoms with Crippen molar-refractivity contribution in [3.05, 3.63) is 50.5 Å². The van der Waals surface area contributed by atoms with E-state index in [1.165, 1.54) is 0 Å². The van der Waals surface area contributed by atoms with Crippen molar-refractivity contribution in [2.24, 2.45) is 5.73 Å². The second-order valence-electron chi connectivity index (χ2n) is 6.60. The molecule has 0 aliphatic carbocycles. The van der Waals surface area contributed by atoms with E-state index in [0.717, 1.165) is 47.4 Å². The molecule has 1 saturated heterocycles. The second-order valence-corrected chi connectivity index (χ2v) is 8.34. The summed E-state index contributed by atoms with van der Waals surface area (Å²) in [5.41, 5.74) is 8.86. The summed E-state index contributed by atoms with van der Waals surface area (Å²) in [6.07, 6.45) is 2.10. The zero-order valence-electron chi connectivity index (χ0n) is 14.0. The lowest BCUT2D eigenvalue weighted by molar-refractivity contribution is 0.495. The number of rotatable bonds is 3. The van der Waals surface area contributed by atoms with Crippen molar-refractivity contribution in [2.75, 3.05) is 18.0 Å². The first-order valence-corrected chi connectivity index (χ1v) is 10.0. The van der Waals surface area contributed by atoms with Crippen LogP contribution in [0.15, 0.2) is 34.8 Å². The maximum absolute atomic E-state index is 6.23. The van der Waals surface area contributed by atoms with Gasteiger partial charge in [0.2, 0.25) is 5.95 Å². The van der Waals surface area contributed by atoms with Gasteiger partial charge in [0, 0.05) is 28.6 Å². The first kappa shape index (κ1) is 18.0. The van der Waals surface area contributed by atoms with Crippen LogP contribution in [0.1, 0.15) is 18.4 Å². The van der Waals surface area contributed by atoms with Crippen LogP contribution < -0.4 is 10.6 Å². The molecule has 2 aromatic heterocycles. The van der Waals surface area contributed by atoms with E-state index in [1.807, 2.05) is 18.2 Å². The Morgan fingerprint density at radius 1 is 1.19 bits per heavy atom. The lowest BCUT2D eigenvalue weighted by Crippen LogP contribution is -2.44. The van der Waals surface area contributed by atoms with Crippen LogP contribution in [0.5, 0.6) is 0 Å². The van der Waals surface area contributed by atoms with Crippen LogP contribution in [0, 0.1) is 0 Å². The molecule has 8 heteroatoms. The van der Waals surface area contributed by atoms with Gasteiger partial charge >= 0.3 is 0 Å². The molecule has 2 N–H and O–H groups in total. The molecule has 4 rings (SSSR count). The lowest BCUT2D eigenvalue weighted by atomic mass is 10.1. The van der Waals surface area contributed by atoms with Crippen LogP contribution in [0.2, 0.25) is 10.2 Å². The molecule has 1 aliphatic heterocycles. The largest absolute Gasteiger partial charge is 0.341 e. The summed E-state index contributed by atoms with van der Waals surface area (Å²) >= 11 is 15.8. The summed E-state index contributed by atoms with van der Waals surface area (Å²) in [6, 6.07) is 9.82. The van der Waals surface area contributed by atoms with E-state index < -0.39 is 0 Å². The minimum atomic E-state index is 0.161. The third kappa shape index (κ3) is 3.69. The average Bonchev–Trinajstić information content (AvgIpc) is 2.91. The van der Waals surface area contributed by atoms with Crippen molar-refractivity contribution >= 4 is 56.2 Å². The molecule has 0 spiro atoms. The smallest absolute Gasteiger partial charge is 0.208 e. The number of imidazole rings is 1. The zero-order chi connectivity index (χ0) is 18.3. The summed E-state index contributed by atoms with van der Waals surface area (Å²) in [5.74, 6) is 0.876. The molecule has 1 fully saturated rings. The molecule has 0 unspecified atom stereocenters. The van der Waals surface area contributed by atoms with Crippen LogP contribution in [0.4, 0.5) is 5.95 Å². The van der Waals surface area contributed by atoms with E-state index in [9.17, 15) is 0 Å². The van der Waals surface area contributed by atoms with E-state index >= 15 is 0 Å². The number of fused-ring (bicyclic) bond motifs is 1. The highest BCUT2D eigenvalue weighted by Gasteiger charge is 2.23. The third-order valence-electron chi connectivity index (χ3n) is 4.56. The van der Waals surface area contributed by atoms with E-state index in [4.69, 9.17) is 33.9 Å². The summed E-state index contributed by atoms with van der Waals surface area (Å²) in [4.78, 5) is 11.4. The van der Waals surface area contributed by atoms with Gasteiger partial charge in [0.05, 0.1) is 12.1 Å². The van der Waals surface area contributed by atoms with Gasteiger partial charge in [0.1, 0.15) is 5.15 Å². The minimum Gasteiger partial charge on any atom is -0.341 e. The Morgan fingerprint density at radius 2 is 2.04 bits per heavy atom. The first-order chi connectivity index (χ1) is 12.5. The molecule has 0 saturated carbocycles. The van der Waals surface area contributed by atoms with Gasteiger partial charge in [0.15, 0.2) is 5.65 Å². The number of hydrogen-bond donors (Lipinski definition) is 1. The van der Waals surface area contributed by atoms with Crippen molar-refractivity contribution in [3.63, 3.8) is 0 Å². The topological polar surface area (TPSA) is 60.0 Å². The molecule has 3 aromatic rings. The molecule has 0 radical (unpaired) electrons. The molecular formula is C18H18BrCl2N5. The lowest BCUT2D eigenvalue weighted by Gasteiger charge is -2.32. The molecule has 1 aliphatic rings. The standard InChI is InChI=1S/C18H18BrCl2N5/c19-12-6-11(7-13(20)8-12)9-26-15-3-4-16(21)23-17(15)24-18(26)25-5-1-2-14(22)10-25/h3-4,6-8,14H,1-2,5,9-10,22H2/t14-/m0/s1. The van der Waals surface area contributed by atoms with Gasteiger partial charge in [-0.2, -0.15) is 4.98 Å². The van der Waals surface area contributed by atoms with Crippen molar-refractivity contribution in [1.29, 1.82) is 0 Å². The Kier molecular flexibility index (Phi) is 5.10. The monoisotopic (exact) mass is 453 g/mol. The number of piperidine rings is 1. The number of halogens is 3. The SMILES string of the molecule is N[C@H]1CCCN(c2nc3nc(Cl)ccc3n2Cc2cc(Cl)cc(Br)c2)C1. The molecule has 1 aromatic carbocycles. The van der Waals surface area contributed by atoms with E-state index in [-0.39, 0.29) is 6.04 Å². The third-order valence-corrected chi connectivity index (χ3v) is 5.45. The molecule has 5 nitrogen and oxygen atoms in total. The fraction of sp³-hybridized carbons (Fsp3) is 0.333. The summed E-state index contributed by atoms with van der Waals surface area (Å²) < 4.78 is 3.11. The molecule has 0 bridgehead atoms. The highest BCUT2D eigenvalue weighted by molar-refractivity contribution is 9.10. The van der Waals surface area contributed by atoms with Gasteiger partial charge in [-0.1, -0.05) is 39.1 Å². The van der Waals surface area contributed by atoms with Crippen molar-refractivity contribution in [3.8, 4) is 0 Å². The minimum absolute atomic E-state index is 0.161. The summed E-state index contributed by atoms with van der Waals surface area (Å²) in [7, 11) is 0. The average molecular weight is 455 g/mol. The Labute approximate surface area is 170 Å². The van der Waals surface area contributed by atoms with E-state index in [2.05, 4.69) is 36.4 Å². The second kappa shape index (κ2) is 7.35. The predicted octanol–water partition coefficient (Wildman–Crippen LogP) is 4.48. The van der Waals surface area contributed by atoms with Gasteiger partial charge in [-0.05, 0) is 48.7 Å². The number of pyridine rings is 1. The van der Waals surface area contributed by atoms with Gasteiger partial charge in [0.25, 0.3) is 0 Å². The fourth-order valence-electron chi connectivity index (χ4n) is 3.45. The highest BCUT2D eigenvalue weighted by atomic mass is 79.9. The van der Waals surface area contributed by atoms with Crippen LogP contribution in [0.25, 0.3) is 11.2 Å². The molecule has 26 heavy (non-hydrogen) atoms. The molecular weight excluding hydrogens is 437 g/mol. The van der Waals surface area contributed by atoms with E-state index in [1.54, 1.807) is 6.07 Å². The molecule has 136 valence electrons. The fourth-order valence-corrected chi connectivity index (χ4v) is 4.52. The number of anilines is 1. The van der Waals surface area contributed by atoms with Gasteiger partial charge in [-0.15, -0.1) is 0 Å². The van der Waals surface area contributed by atoms with Crippen molar-refractivity contribution < 1.29 is 0 Å². The van der Waals surface area contributed by atoms with Crippen LogP contribution >= 0.6 is 39.1 Å². The first-order valence-electron chi connectivity index (χ1n) is 8.48. The van der Waals surface area contributed by atoms with Crippen LogP contribution in [-0.4, -0.2) is 33.7 Å². The van der Waals surface area contributed by atoms with Gasteiger partial charge < -0.3 is 15.2 Å². The van der Waals surface area contributed by atoms with Gasteiger partial charge in [-0.25, -0.2) is 4.98 Å². The number of aromatic nitrogens is 3. The zero-order valence-corrected chi connectivity index (χ0v) is 17.1. The molecule has 1 atom stereocenters.